The highest BCUT2D eigenvalue weighted by Gasteiger charge is 2.68. The van der Waals surface area contributed by atoms with Crippen LogP contribution in [0.1, 0.15) is 78.6 Å². The number of rotatable bonds is 4. The van der Waals surface area contributed by atoms with Crippen molar-refractivity contribution in [1.29, 1.82) is 0 Å². The van der Waals surface area contributed by atoms with E-state index >= 15 is 0 Å². The van der Waals surface area contributed by atoms with E-state index in [1.807, 2.05) is 0 Å². The first-order valence-corrected chi connectivity index (χ1v) is 13.6. The number of aliphatic hydroxyl groups excluding tert-OH is 3. The van der Waals surface area contributed by atoms with Crippen molar-refractivity contribution < 1.29 is 34.8 Å². The molecule has 0 spiro atoms. The molecule has 0 amide bonds. The summed E-state index contributed by atoms with van der Waals surface area (Å²) in [6.45, 7) is 6.09. The minimum Gasteiger partial charge on any atom is -0.389 e. The minimum atomic E-state index is -1.30. The molecular weight excluding hydrogens is 454 g/mol. The standard InChI is InChI=1S/C26H43NO8/c1-14-20(28)21(29)22(30)23(34-14)35-17-7-9-24(2)15(12-17)4-5-19-18(24)8-10-25(3)16(13-27(32)33)6-11-26(19,25)31/h14-23,28-31H,4-13H2,1-3H3/t14?,15-,16-,17+,18+,19-,20+,21+,22?,23+,24+,25-,26+/m1/s1. The van der Waals surface area contributed by atoms with Gasteiger partial charge < -0.3 is 29.9 Å². The molecule has 200 valence electrons. The summed E-state index contributed by atoms with van der Waals surface area (Å²) in [4.78, 5) is 11.1. The van der Waals surface area contributed by atoms with Gasteiger partial charge in [-0.1, -0.05) is 13.8 Å². The van der Waals surface area contributed by atoms with Crippen LogP contribution in [0.5, 0.6) is 0 Å². The molecule has 9 nitrogen and oxygen atoms in total. The van der Waals surface area contributed by atoms with Crippen LogP contribution in [0.15, 0.2) is 0 Å². The van der Waals surface area contributed by atoms with Gasteiger partial charge in [-0.25, -0.2) is 0 Å². The number of fused-ring (bicyclic) bond motifs is 5. The first-order valence-electron chi connectivity index (χ1n) is 13.6. The zero-order chi connectivity index (χ0) is 25.3. The third kappa shape index (κ3) is 3.87. The molecule has 0 bridgehead atoms. The Hall–Kier alpha value is -0.840. The van der Waals surface area contributed by atoms with Crippen molar-refractivity contribution in [2.45, 2.75) is 121 Å². The fourth-order valence-electron chi connectivity index (χ4n) is 9.21. The molecule has 0 aromatic heterocycles. The average molecular weight is 498 g/mol. The normalized spacial score (nSPS) is 56.1. The van der Waals surface area contributed by atoms with E-state index in [2.05, 4.69) is 13.8 Å². The Kier molecular flexibility index (Phi) is 6.54. The summed E-state index contributed by atoms with van der Waals surface area (Å²) in [6, 6.07) is 0. The predicted octanol–water partition coefficient (Wildman–Crippen LogP) is 2.25. The van der Waals surface area contributed by atoms with Crippen molar-refractivity contribution in [2.24, 2.45) is 34.5 Å². The van der Waals surface area contributed by atoms with Gasteiger partial charge >= 0.3 is 0 Å². The molecule has 5 aliphatic rings. The predicted molar refractivity (Wildman–Crippen MR) is 126 cm³/mol. The number of hydrogen-bond acceptors (Lipinski definition) is 8. The van der Waals surface area contributed by atoms with E-state index in [1.165, 1.54) is 0 Å². The molecule has 2 unspecified atom stereocenters. The highest BCUT2D eigenvalue weighted by atomic mass is 16.7. The molecule has 0 radical (unpaired) electrons. The number of aliphatic hydroxyl groups is 4. The lowest BCUT2D eigenvalue weighted by Crippen LogP contribution is -2.63. The molecule has 0 aromatic rings. The number of ether oxygens (including phenoxy) is 2. The van der Waals surface area contributed by atoms with E-state index in [0.717, 1.165) is 51.4 Å². The Morgan fingerprint density at radius 2 is 1.71 bits per heavy atom. The lowest BCUT2D eigenvalue weighted by Gasteiger charge is -2.63. The molecule has 5 fully saturated rings. The van der Waals surface area contributed by atoms with Gasteiger partial charge in [0.15, 0.2) is 6.29 Å². The maximum atomic E-state index is 12.1. The summed E-state index contributed by atoms with van der Waals surface area (Å²) >= 11 is 0. The highest BCUT2D eigenvalue weighted by molar-refractivity contribution is 5.16. The number of nitrogens with zero attached hydrogens (tertiary/aromatic N) is 1. The van der Waals surface area contributed by atoms with Gasteiger partial charge in [0.05, 0.1) is 17.8 Å². The maximum absolute atomic E-state index is 12.1. The third-order valence-electron chi connectivity index (χ3n) is 11.5. The Balaban J connectivity index is 1.28. The van der Waals surface area contributed by atoms with E-state index in [0.29, 0.717) is 18.3 Å². The van der Waals surface area contributed by atoms with Crippen LogP contribution in [-0.4, -0.2) is 74.3 Å². The van der Waals surface area contributed by atoms with Crippen LogP contribution >= 0.6 is 0 Å². The molecule has 4 saturated carbocycles. The van der Waals surface area contributed by atoms with E-state index in [1.54, 1.807) is 6.92 Å². The number of hydrogen-bond donors (Lipinski definition) is 4. The Bertz CT molecular complexity index is 827. The molecule has 13 atom stereocenters. The zero-order valence-corrected chi connectivity index (χ0v) is 21.2. The second-order valence-corrected chi connectivity index (χ2v) is 12.8. The average Bonchev–Trinajstić information content (AvgIpc) is 3.06. The van der Waals surface area contributed by atoms with Crippen LogP contribution in [0.4, 0.5) is 0 Å². The minimum absolute atomic E-state index is 0.0471. The summed E-state index contributed by atoms with van der Waals surface area (Å²) in [5.74, 6) is 0.942. The van der Waals surface area contributed by atoms with Gasteiger partial charge in [0, 0.05) is 16.3 Å². The highest BCUT2D eigenvalue weighted by Crippen LogP contribution is 2.69. The molecule has 0 aromatic carbocycles. The monoisotopic (exact) mass is 497 g/mol. The molecule has 1 saturated heterocycles. The van der Waals surface area contributed by atoms with Crippen LogP contribution in [0.3, 0.4) is 0 Å². The second-order valence-electron chi connectivity index (χ2n) is 12.8. The molecule has 4 N–H and O–H groups in total. The zero-order valence-electron chi connectivity index (χ0n) is 21.2. The van der Waals surface area contributed by atoms with Crippen LogP contribution in [0.25, 0.3) is 0 Å². The summed E-state index contributed by atoms with van der Waals surface area (Å²) in [7, 11) is 0. The van der Waals surface area contributed by atoms with Gasteiger partial charge in [0.2, 0.25) is 6.54 Å². The topological polar surface area (TPSA) is 143 Å². The van der Waals surface area contributed by atoms with Crippen molar-refractivity contribution >= 4 is 0 Å². The van der Waals surface area contributed by atoms with Gasteiger partial charge in [0.25, 0.3) is 0 Å². The van der Waals surface area contributed by atoms with Gasteiger partial charge in [-0.3, -0.25) is 10.1 Å². The molecule has 5 rings (SSSR count). The largest absolute Gasteiger partial charge is 0.389 e. The van der Waals surface area contributed by atoms with Crippen molar-refractivity contribution in [3.8, 4) is 0 Å². The maximum Gasteiger partial charge on any atom is 0.207 e. The lowest BCUT2D eigenvalue weighted by atomic mass is 9.43. The molecule has 9 heteroatoms. The van der Waals surface area contributed by atoms with Gasteiger partial charge in [0.1, 0.15) is 18.3 Å². The van der Waals surface area contributed by atoms with E-state index in [4.69, 9.17) is 9.47 Å². The molecule has 4 aliphatic carbocycles. The van der Waals surface area contributed by atoms with E-state index in [-0.39, 0.29) is 40.2 Å². The second kappa shape index (κ2) is 8.88. The molecule has 1 aliphatic heterocycles. The Morgan fingerprint density at radius 3 is 2.43 bits per heavy atom. The summed E-state index contributed by atoms with van der Waals surface area (Å²) in [6.07, 6.45) is 2.38. The molecular formula is C26H43NO8. The first-order chi connectivity index (χ1) is 16.4. The smallest absolute Gasteiger partial charge is 0.207 e. The number of nitro groups is 1. The van der Waals surface area contributed by atoms with Crippen LogP contribution in [0.2, 0.25) is 0 Å². The summed E-state index contributed by atoms with van der Waals surface area (Å²) < 4.78 is 11.8. The fourth-order valence-corrected chi connectivity index (χ4v) is 9.21. The first kappa shape index (κ1) is 25.8. The van der Waals surface area contributed by atoms with Crippen molar-refractivity contribution in [2.75, 3.05) is 6.54 Å². The van der Waals surface area contributed by atoms with E-state index < -0.39 is 36.3 Å². The summed E-state index contributed by atoms with van der Waals surface area (Å²) in [5.41, 5.74) is -1.14. The lowest BCUT2D eigenvalue weighted by molar-refractivity contribution is -0.492. The van der Waals surface area contributed by atoms with E-state index in [9.17, 15) is 30.5 Å². The SMILES string of the molecule is CC1O[C@@H](O[C@H]2CC[C@@]3(C)[C@H](CC[C@@H]4[C@@H]3CC[C@]3(C)[C@@H](C[N+](=O)[O-])CC[C@]43O)C2)C(O)[C@@H](O)[C@H]1O. The Labute approximate surface area is 207 Å². The fraction of sp³-hybridized carbons (Fsp3) is 1.00. The quantitative estimate of drug-likeness (QED) is 0.263. The van der Waals surface area contributed by atoms with Gasteiger partial charge in [-0.15, -0.1) is 0 Å². The van der Waals surface area contributed by atoms with Crippen LogP contribution in [0, 0.1) is 44.6 Å². The van der Waals surface area contributed by atoms with Crippen molar-refractivity contribution in [3.63, 3.8) is 0 Å². The third-order valence-corrected chi connectivity index (χ3v) is 11.5. The van der Waals surface area contributed by atoms with Gasteiger partial charge in [-0.2, -0.15) is 0 Å². The van der Waals surface area contributed by atoms with Crippen molar-refractivity contribution in [1.82, 2.24) is 0 Å². The molecule has 1 heterocycles. The summed E-state index contributed by atoms with van der Waals surface area (Å²) in [5, 5.41) is 53.9. The Morgan fingerprint density at radius 1 is 0.971 bits per heavy atom. The van der Waals surface area contributed by atoms with Crippen LogP contribution < -0.4 is 0 Å². The van der Waals surface area contributed by atoms with Gasteiger partial charge in [-0.05, 0) is 87.9 Å². The van der Waals surface area contributed by atoms with Crippen LogP contribution in [-0.2, 0) is 9.47 Å². The van der Waals surface area contributed by atoms with Crippen molar-refractivity contribution in [3.05, 3.63) is 10.1 Å². The molecule has 35 heavy (non-hydrogen) atoms.